The van der Waals surface area contributed by atoms with Crippen molar-refractivity contribution in [2.75, 3.05) is 25.0 Å². The van der Waals surface area contributed by atoms with Gasteiger partial charge in [0.2, 0.25) is 0 Å². The molecule has 2 amide bonds. The third-order valence-corrected chi connectivity index (χ3v) is 5.80. The van der Waals surface area contributed by atoms with Crippen molar-refractivity contribution in [3.8, 4) is 0 Å². The molecular formula is C21H27N3O2S. The summed E-state index contributed by atoms with van der Waals surface area (Å²) >= 11 is 1.73. The molecule has 27 heavy (non-hydrogen) atoms. The smallest absolute Gasteiger partial charge is 0.313 e. The monoisotopic (exact) mass is 385 g/mol. The van der Waals surface area contributed by atoms with Crippen LogP contribution in [0.4, 0.5) is 5.69 Å². The van der Waals surface area contributed by atoms with Crippen molar-refractivity contribution in [3.63, 3.8) is 0 Å². The van der Waals surface area contributed by atoms with E-state index in [1.54, 1.807) is 11.3 Å². The predicted molar refractivity (Wildman–Crippen MR) is 110 cm³/mol. The van der Waals surface area contributed by atoms with Crippen LogP contribution >= 0.6 is 11.3 Å². The zero-order chi connectivity index (χ0) is 19.1. The minimum absolute atomic E-state index is 0.435. The number of amides is 2. The molecule has 1 aliphatic rings. The van der Waals surface area contributed by atoms with E-state index < -0.39 is 11.8 Å². The molecule has 1 aromatic heterocycles. The van der Waals surface area contributed by atoms with Crippen LogP contribution in [0.15, 0.2) is 41.1 Å². The molecule has 1 saturated heterocycles. The highest BCUT2D eigenvalue weighted by molar-refractivity contribution is 7.07. The standard InChI is InChI=1S/C21H27N3O2S/c1-2-16-3-5-19(6-4-16)23-21(26)20(25)22-13-17-7-10-24(11-8-17)14-18-9-12-27-15-18/h3-6,9,12,15,17H,2,7-8,10-11,13-14H2,1H3,(H,22,25)(H,23,26). The number of thiophene rings is 1. The fourth-order valence-corrected chi connectivity index (χ4v) is 3.98. The Morgan fingerprint density at radius 1 is 1.07 bits per heavy atom. The molecule has 0 spiro atoms. The van der Waals surface area contributed by atoms with Gasteiger partial charge in [-0.05, 0) is 78.4 Å². The molecule has 3 rings (SSSR count). The number of hydrogen-bond acceptors (Lipinski definition) is 4. The van der Waals surface area contributed by atoms with Gasteiger partial charge in [-0.2, -0.15) is 11.3 Å². The molecule has 1 aliphatic heterocycles. The highest BCUT2D eigenvalue weighted by atomic mass is 32.1. The lowest BCUT2D eigenvalue weighted by Crippen LogP contribution is -2.41. The Bertz CT molecular complexity index is 735. The van der Waals surface area contributed by atoms with Crippen molar-refractivity contribution in [1.29, 1.82) is 0 Å². The number of likely N-dealkylation sites (tertiary alicyclic amines) is 1. The Kier molecular flexibility index (Phi) is 7.01. The average molecular weight is 386 g/mol. The van der Waals surface area contributed by atoms with Crippen molar-refractivity contribution in [2.24, 2.45) is 5.92 Å². The zero-order valence-electron chi connectivity index (χ0n) is 15.7. The van der Waals surface area contributed by atoms with E-state index >= 15 is 0 Å². The summed E-state index contributed by atoms with van der Waals surface area (Å²) in [6.45, 7) is 5.71. The number of anilines is 1. The Labute approximate surface area is 164 Å². The molecule has 2 aromatic rings. The quantitative estimate of drug-likeness (QED) is 0.750. The molecule has 5 nitrogen and oxygen atoms in total. The maximum Gasteiger partial charge on any atom is 0.313 e. The number of carbonyl (C=O) groups excluding carboxylic acids is 2. The number of nitrogens with one attached hydrogen (secondary N) is 2. The van der Waals surface area contributed by atoms with Gasteiger partial charge in [-0.3, -0.25) is 14.5 Å². The summed E-state index contributed by atoms with van der Waals surface area (Å²) in [5.74, 6) is -0.728. The van der Waals surface area contributed by atoms with E-state index in [1.165, 1.54) is 11.1 Å². The summed E-state index contributed by atoms with van der Waals surface area (Å²) in [4.78, 5) is 26.5. The SMILES string of the molecule is CCc1ccc(NC(=O)C(=O)NCC2CCN(Cc3ccsc3)CC2)cc1. The number of hydrogen-bond donors (Lipinski definition) is 2. The van der Waals surface area contributed by atoms with Gasteiger partial charge < -0.3 is 10.6 Å². The first-order valence-electron chi connectivity index (χ1n) is 9.55. The molecule has 6 heteroatoms. The van der Waals surface area contributed by atoms with Gasteiger partial charge >= 0.3 is 11.8 Å². The molecule has 0 atom stereocenters. The molecule has 2 heterocycles. The summed E-state index contributed by atoms with van der Waals surface area (Å²) in [6.07, 6.45) is 3.04. The summed E-state index contributed by atoms with van der Waals surface area (Å²) < 4.78 is 0. The fraction of sp³-hybridized carbons (Fsp3) is 0.429. The fourth-order valence-electron chi connectivity index (χ4n) is 3.32. The maximum absolute atomic E-state index is 12.1. The summed E-state index contributed by atoms with van der Waals surface area (Å²) in [5.41, 5.74) is 3.22. The van der Waals surface area contributed by atoms with Crippen molar-refractivity contribution >= 4 is 28.8 Å². The van der Waals surface area contributed by atoms with Gasteiger partial charge in [0, 0.05) is 18.8 Å². The second kappa shape index (κ2) is 9.67. The lowest BCUT2D eigenvalue weighted by atomic mass is 9.96. The van der Waals surface area contributed by atoms with Crippen LogP contribution in [0.5, 0.6) is 0 Å². The van der Waals surface area contributed by atoms with Gasteiger partial charge in [0.15, 0.2) is 0 Å². The van der Waals surface area contributed by atoms with Crippen molar-refractivity contribution < 1.29 is 9.59 Å². The van der Waals surface area contributed by atoms with Gasteiger partial charge in [-0.1, -0.05) is 19.1 Å². The molecule has 2 N–H and O–H groups in total. The molecule has 1 aromatic carbocycles. The van der Waals surface area contributed by atoms with E-state index in [2.05, 4.69) is 39.3 Å². The van der Waals surface area contributed by atoms with E-state index in [4.69, 9.17) is 0 Å². The number of aryl methyl sites for hydroxylation is 1. The lowest BCUT2D eigenvalue weighted by Gasteiger charge is -2.31. The van der Waals surface area contributed by atoms with Gasteiger partial charge in [0.1, 0.15) is 0 Å². The lowest BCUT2D eigenvalue weighted by molar-refractivity contribution is -0.136. The van der Waals surface area contributed by atoms with Gasteiger partial charge in [-0.25, -0.2) is 0 Å². The van der Waals surface area contributed by atoms with Crippen molar-refractivity contribution in [1.82, 2.24) is 10.2 Å². The van der Waals surface area contributed by atoms with Gasteiger partial charge in [0.25, 0.3) is 0 Å². The second-order valence-corrected chi connectivity index (χ2v) is 7.85. The van der Waals surface area contributed by atoms with Crippen LogP contribution in [0.25, 0.3) is 0 Å². The van der Waals surface area contributed by atoms with Crippen LogP contribution < -0.4 is 10.6 Å². The van der Waals surface area contributed by atoms with Gasteiger partial charge in [-0.15, -0.1) is 0 Å². The van der Waals surface area contributed by atoms with Crippen LogP contribution in [0, 0.1) is 5.92 Å². The molecular weight excluding hydrogens is 358 g/mol. The molecule has 0 unspecified atom stereocenters. The largest absolute Gasteiger partial charge is 0.348 e. The highest BCUT2D eigenvalue weighted by Gasteiger charge is 2.21. The van der Waals surface area contributed by atoms with E-state index in [-0.39, 0.29) is 0 Å². The number of nitrogens with zero attached hydrogens (tertiary/aromatic N) is 1. The highest BCUT2D eigenvalue weighted by Crippen LogP contribution is 2.19. The normalized spacial score (nSPS) is 15.4. The molecule has 0 bridgehead atoms. The number of carbonyl (C=O) groups is 2. The van der Waals surface area contributed by atoms with Crippen LogP contribution in [-0.4, -0.2) is 36.3 Å². The third-order valence-electron chi connectivity index (χ3n) is 5.07. The molecule has 144 valence electrons. The number of piperidine rings is 1. The maximum atomic E-state index is 12.1. The van der Waals surface area contributed by atoms with Crippen molar-refractivity contribution in [3.05, 3.63) is 52.2 Å². The molecule has 0 radical (unpaired) electrons. The topological polar surface area (TPSA) is 61.4 Å². The summed E-state index contributed by atoms with van der Waals surface area (Å²) in [6, 6.07) is 9.74. The number of benzene rings is 1. The number of rotatable bonds is 6. The average Bonchev–Trinajstić information content (AvgIpc) is 3.21. The second-order valence-electron chi connectivity index (χ2n) is 7.07. The predicted octanol–water partition coefficient (Wildman–Crippen LogP) is 3.28. The first-order valence-corrected chi connectivity index (χ1v) is 10.5. The van der Waals surface area contributed by atoms with E-state index in [0.717, 1.165) is 38.9 Å². The summed E-state index contributed by atoms with van der Waals surface area (Å²) in [5, 5.41) is 9.75. The summed E-state index contributed by atoms with van der Waals surface area (Å²) in [7, 11) is 0. The van der Waals surface area contributed by atoms with Crippen LogP contribution in [0.1, 0.15) is 30.9 Å². The Morgan fingerprint density at radius 2 is 1.81 bits per heavy atom. The van der Waals surface area contributed by atoms with E-state index in [9.17, 15) is 9.59 Å². The first kappa shape index (κ1) is 19.6. The Balaban J connectivity index is 1.36. The Morgan fingerprint density at radius 3 is 2.44 bits per heavy atom. The van der Waals surface area contributed by atoms with Crippen LogP contribution in [-0.2, 0) is 22.6 Å². The van der Waals surface area contributed by atoms with E-state index in [1.807, 2.05) is 24.3 Å². The molecule has 0 aliphatic carbocycles. The zero-order valence-corrected chi connectivity index (χ0v) is 16.6. The third kappa shape index (κ3) is 5.91. The minimum Gasteiger partial charge on any atom is -0.348 e. The van der Waals surface area contributed by atoms with E-state index in [0.29, 0.717) is 18.2 Å². The molecule has 1 fully saturated rings. The van der Waals surface area contributed by atoms with Crippen LogP contribution in [0.3, 0.4) is 0 Å². The van der Waals surface area contributed by atoms with Gasteiger partial charge in [0.05, 0.1) is 0 Å². The first-order chi connectivity index (χ1) is 13.1. The molecule has 0 saturated carbocycles. The minimum atomic E-state index is -0.603. The van der Waals surface area contributed by atoms with Crippen molar-refractivity contribution in [2.45, 2.75) is 32.7 Å². The Hall–Kier alpha value is -2.18. The van der Waals surface area contributed by atoms with Crippen LogP contribution in [0.2, 0.25) is 0 Å².